The summed E-state index contributed by atoms with van der Waals surface area (Å²) in [6, 6.07) is 8.93. The molecule has 0 aromatic heterocycles. The lowest BCUT2D eigenvalue weighted by molar-refractivity contribution is -0.0152. The average molecular weight is 251 g/mol. The molecule has 2 aliphatic rings. The quantitative estimate of drug-likeness (QED) is 0.715. The van der Waals surface area contributed by atoms with E-state index in [0.29, 0.717) is 13.2 Å². The van der Waals surface area contributed by atoms with Crippen LogP contribution in [0.5, 0.6) is 0 Å². The van der Waals surface area contributed by atoms with Crippen molar-refractivity contribution in [1.29, 1.82) is 0 Å². The van der Waals surface area contributed by atoms with Gasteiger partial charge in [-0.1, -0.05) is 43.5 Å². The highest BCUT2D eigenvalue weighted by atomic mass is 35.5. The summed E-state index contributed by atoms with van der Waals surface area (Å²) in [6.45, 7) is 1.30. The Morgan fingerprint density at radius 2 is 1.65 bits per heavy atom. The van der Waals surface area contributed by atoms with Crippen LogP contribution in [0.3, 0.4) is 0 Å². The zero-order valence-corrected chi connectivity index (χ0v) is 10.9. The van der Waals surface area contributed by atoms with Crippen molar-refractivity contribution in [2.75, 3.05) is 13.2 Å². The summed E-state index contributed by atoms with van der Waals surface area (Å²) < 4.78 is 5.21. The minimum atomic E-state index is -0.245. The molecule has 2 heteroatoms. The van der Waals surface area contributed by atoms with E-state index >= 15 is 0 Å². The molecule has 1 aromatic rings. The molecule has 17 heavy (non-hydrogen) atoms. The monoisotopic (exact) mass is 250 g/mol. The van der Waals surface area contributed by atoms with E-state index in [0.717, 1.165) is 5.92 Å². The Balaban J connectivity index is 1.75. The molecule has 1 nitrogen and oxygen atoms in total. The molecule has 1 heterocycles. The SMILES string of the molecule is ClC1(c2ccc(C3CCCCC3)cc2)COC1. The maximum atomic E-state index is 6.45. The second-order valence-electron chi connectivity index (χ2n) is 5.42. The predicted octanol–water partition coefficient (Wildman–Crippen LogP) is 4.20. The third-order valence-electron chi connectivity index (χ3n) is 4.17. The summed E-state index contributed by atoms with van der Waals surface area (Å²) in [5, 5.41) is 0. The van der Waals surface area contributed by atoms with E-state index in [1.165, 1.54) is 43.2 Å². The van der Waals surface area contributed by atoms with Crippen LogP contribution in [-0.4, -0.2) is 13.2 Å². The number of benzene rings is 1. The van der Waals surface area contributed by atoms with Crippen molar-refractivity contribution >= 4 is 11.6 Å². The molecule has 1 aromatic carbocycles. The van der Waals surface area contributed by atoms with E-state index < -0.39 is 0 Å². The first kappa shape index (κ1) is 11.6. The Morgan fingerprint density at radius 1 is 1.00 bits per heavy atom. The Kier molecular flexibility index (Phi) is 3.14. The van der Waals surface area contributed by atoms with Gasteiger partial charge >= 0.3 is 0 Å². The molecule has 0 radical (unpaired) electrons. The minimum Gasteiger partial charge on any atom is -0.377 e. The van der Waals surface area contributed by atoms with E-state index in [2.05, 4.69) is 24.3 Å². The highest BCUT2D eigenvalue weighted by Gasteiger charge is 2.38. The second-order valence-corrected chi connectivity index (χ2v) is 6.14. The molecule has 0 bridgehead atoms. The van der Waals surface area contributed by atoms with Crippen molar-refractivity contribution < 1.29 is 4.74 Å². The number of alkyl halides is 1. The molecular formula is C15H19ClO. The molecule has 1 aliphatic heterocycles. The largest absolute Gasteiger partial charge is 0.377 e. The summed E-state index contributed by atoms with van der Waals surface area (Å²) in [7, 11) is 0. The Bertz CT molecular complexity index is 374. The van der Waals surface area contributed by atoms with Gasteiger partial charge in [0.1, 0.15) is 4.87 Å². The highest BCUT2D eigenvalue weighted by Crippen LogP contribution is 2.38. The molecule has 0 amide bonds. The molecule has 0 atom stereocenters. The molecule has 1 aliphatic carbocycles. The lowest BCUT2D eigenvalue weighted by atomic mass is 9.83. The number of hydrogen-bond donors (Lipinski definition) is 0. The van der Waals surface area contributed by atoms with Crippen LogP contribution in [0.25, 0.3) is 0 Å². The number of halogens is 1. The maximum Gasteiger partial charge on any atom is 0.116 e. The summed E-state index contributed by atoms with van der Waals surface area (Å²) >= 11 is 6.45. The van der Waals surface area contributed by atoms with Crippen molar-refractivity contribution in [3.8, 4) is 0 Å². The van der Waals surface area contributed by atoms with Gasteiger partial charge in [0.2, 0.25) is 0 Å². The fraction of sp³-hybridized carbons (Fsp3) is 0.600. The average Bonchev–Trinajstić information content (AvgIpc) is 2.37. The van der Waals surface area contributed by atoms with E-state index in [1.807, 2.05) is 0 Å². The van der Waals surface area contributed by atoms with Crippen LogP contribution in [0.4, 0.5) is 0 Å². The molecule has 2 fully saturated rings. The van der Waals surface area contributed by atoms with E-state index in [-0.39, 0.29) is 4.87 Å². The first-order chi connectivity index (χ1) is 8.28. The van der Waals surface area contributed by atoms with Crippen LogP contribution in [0.1, 0.15) is 49.1 Å². The molecule has 1 saturated heterocycles. The number of hydrogen-bond acceptors (Lipinski definition) is 1. The predicted molar refractivity (Wildman–Crippen MR) is 70.6 cm³/mol. The van der Waals surface area contributed by atoms with Gasteiger partial charge in [-0.2, -0.15) is 0 Å². The zero-order chi connectivity index (χ0) is 11.7. The summed E-state index contributed by atoms with van der Waals surface area (Å²) in [5.74, 6) is 0.779. The van der Waals surface area contributed by atoms with Crippen molar-refractivity contribution in [1.82, 2.24) is 0 Å². The summed E-state index contributed by atoms with van der Waals surface area (Å²) in [6.07, 6.45) is 6.90. The molecule has 3 rings (SSSR count). The number of ether oxygens (including phenoxy) is 1. The molecule has 0 unspecified atom stereocenters. The second kappa shape index (κ2) is 4.62. The van der Waals surface area contributed by atoms with Gasteiger partial charge in [0, 0.05) is 0 Å². The van der Waals surface area contributed by atoms with Crippen LogP contribution < -0.4 is 0 Å². The first-order valence-electron chi connectivity index (χ1n) is 6.65. The molecule has 1 saturated carbocycles. The van der Waals surface area contributed by atoms with Crippen molar-refractivity contribution in [3.05, 3.63) is 35.4 Å². The Labute approximate surface area is 108 Å². The van der Waals surface area contributed by atoms with Crippen molar-refractivity contribution in [2.45, 2.75) is 42.9 Å². The van der Waals surface area contributed by atoms with Crippen LogP contribution >= 0.6 is 11.6 Å². The smallest absolute Gasteiger partial charge is 0.116 e. The number of rotatable bonds is 2. The van der Waals surface area contributed by atoms with Gasteiger partial charge in [-0.15, -0.1) is 11.6 Å². The van der Waals surface area contributed by atoms with Crippen LogP contribution in [-0.2, 0) is 9.61 Å². The zero-order valence-electron chi connectivity index (χ0n) is 10.1. The van der Waals surface area contributed by atoms with Gasteiger partial charge in [-0.3, -0.25) is 0 Å². The van der Waals surface area contributed by atoms with Crippen LogP contribution in [0.2, 0.25) is 0 Å². The third-order valence-corrected chi connectivity index (χ3v) is 4.60. The van der Waals surface area contributed by atoms with Gasteiger partial charge in [0.05, 0.1) is 13.2 Å². The topological polar surface area (TPSA) is 9.23 Å². The molecule has 0 spiro atoms. The standard InChI is InChI=1S/C15H19ClO/c16-15(10-17-11-15)14-8-6-13(7-9-14)12-4-2-1-3-5-12/h6-9,12H,1-5,10-11H2. The Hall–Kier alpha value is -0.530. The first-order valence-corrected chi connectivity index (χ1v) is 7.03. The van der Waals surface area contributed by atoms with Gasteiger partial charge in [0.15, 0.2) is 0 Å². The Morgan fingerprint density at radius 3 is 2.18 bits per heavy atom. The molecule has 92 valence electrons. The van der Waals surface area contributed by atoms with Crippen molar-refractivity contribution in [3.63, 3.8) is 0 Å². The van der Waals surface area contributed by atoms with E-state index in [9.17, 15) is 0 Å². The van der Waals surface area contributed by atoms with Gasteiger partial charge in [-0.05, 0) is 29.9 Å². The summed E-state index contributed by atoms with van der Waals surface area (Å²) in [5.41, 5.74) is 2.71. The van der Waals surface area contributed by atoms with Gasteiger partial charge in [0.25, 0.3) is 0 Å². The van der Waals surface area contributed by atoms with Gasteiger partial charge in [-0.25, -0.2) is 0 Å². The van der Waals surface area contributed by atoms with E-state index in [4.69, 9.17) is 16.3 Å². The molecular weight excluding hydrogens is 232 g/mol. The lowest BCUT2D eigenvalue weighted by Gasteiger charge is -2.36. The maximum absolute atomic E-state index is 6.45. The molecule has 0 N–H and O–H groups in total. The highest BCUT2D eigenvalue weighted by molar-refractivity contribution is 6.24. The van der Waals surface area contributed by atoms with Crippen molar-refractivity contribution in [2.24, 2.45) is 0 Å². The van der Waals surface area contributed by atoms with Crippen LogP contribution in [0, 0.1) is 0 Å². The van der Waals surface area contributed by atoms with Crippen LogP contribution in [0.15, 0.2) is 24.3 Å². The van der Waals surface area contributed by atoms with Gasteiger partial charge < -0.3 is 4.74 Å². The van der Waals surface area contributed by atoms with E-state index in [1.54, 1.807) is 0 Å². The third kappa shape index (κ3) is 2.23. The fourth-order valence-electron chi connectivity index (χ4n) is 2.94. The lowest BCUT2D eigenvalue weighted by Crippen LogP contribution is -2.41. The summed E-state index contributed by atoms with van der Waals surface area (Å²) in [4.78, 5) is -0.245. The minimum absolute atomic E-state index is 0.245. The fourth-order valence-corrected chi connectivity index (χ4v) is 3.22. The normalized spacial score (nSPS) is 24.3.